The summed E-state index contributed by atoms with van der Waals surface area (Å²) in [5.41, 5.74) is 3.25. The fraction of sp³-hybridized carbons (Fsp3) is 0.312. The van der Waals surface area contributed by atoms with Crippen LogP contribution >= 0.6 is 0 Å². The lowest BCUT2D eigenvalue weighted by atomic mass is 10.1. The predicted molar refractivity (Wildman–Crippen MR) is 76.4 cm³/mol. The van der Waals surface area contributed by atoms with Gasteiger partial charge in [-0.1, -0.05) is 18.2 Å². The molecule has 2 aromatic rings. The number of carbonyl (C=O) groups is 1. The summed E-state index contributed by atoms with van der Waals surface area (Å²) in [7, 11) is 0. The number of nitrogens with zero attached hydrogens (tertiary/aromatic N) is 2. The van der Waals surface area contributed by atoms with Crippen molar-refractivity contribution in [3.63, 3.8) is 0 Å². The van der Waals surface area contributed by atoms with E-state index in [4.69, 9.17) is 9.84 Å². The first-order valence-corrected chi connectivity index (χ1v) is 6.85. The molecule has 5 nitrogen and oxygen atoms in total. The highest BCUT2D eigenvalue weighted by atomic mass is 16.5. The third-order valence-electron chi connectivity index (χ3n) is 3.70. The molecule has 0 spiro atoms. The van der Waals surface area contributed by atoms with Crippen molar-refractivity contribution in [1.29, 1.82) is 0 Å². The van der Waals surface area contributed by atoms with Crippen LogP contribution in [0.15, 0.2) is 24.3 Å². The Morgan fingerprint density at radius 3 is 2.57 bits per heavy atom. The van der Waals surface area contributed by atoms with E-state index in [0.717, 1.165) is 17.7 Å². The molecule has 1 unspecified atom stereocenters. The summed E-state index contributed by atoms with van der Waals surface area (Å²) < 4.78 is 5.88. The maximum Gasteiger partial charge on any atom is 0.307 e. The summed E-state index contributed by atoms with van der Waals surface area (Å²) in [5, 5.41) is 8.93. The maximum atomic E-state index is 10.9. The Hall–Kier alpha value is -2.43. The van der Waals surface area contributed by atoms with Gasteiger partial charge >= 0.3 is 5.97 Å². The number of aryl methyl sites for hydroxylation is 2. The van der Waals surface area contributed by atoms with E-state index in [9.17, 15) is 4.79 Å². The average Bonchev–Trinajstić information content (AvgIpc) is 2.86. The van der Waals surface area contributed by atoms with Gasteiger partial charge in [0.15, 0.2) is 11.9 Å². The number of ether oxygens (including phenoxy) is 1. The summed E-state index contributed by atoms with van der Waals surface area (Å²) in [6.45, 7) is 3.64. The average molecular weight is 284 g/mol. The Kier molecular flexibility index (Phi) is 3.33. The largest absolute Gasteiger partial charge is 0.482 e. The highest BCUT2D eigenvalue weighted by molar-refractivity contribution is 5.70. The number of hydrogen-bond acceptors (Lipinski definition) is 4. The zero-order chi connectivity index (χ0) is 15.0. The molecule has 0 fully saturated rings. The molecule has 3 rings (SSSR count). The number of fused-ring (bicyclic) bond motifs is 1. The number of carboxylic acid groups (broad SMARTS) is 1. The molecule has 1 aromatic carbocycles. The van der Waals surface area contributed by atoms with Gasteiger partial charge in [-0.05, 0) is 25.5 Å². The molecule has 0 saturated heterocycles. The van der Waals surface area contributed by atoms with Crippen LogP contribution in [0.5, 0.6) is 5.75 Å². The van der Waals surface area contributed by atoms with Crippen LogP contribution in [0.25, 0.3) is 0 Å². The molecule has 0 amide bonds. The van der Waals surface area contributed by atoms with E-state index < -0.39 is 5.97 Å². The van der Waals surface area contributed by atoms with Crippen molar-refractivity contribution >= 4 is 5.97 Å². The Morgan fingerprint density at radius 1 is 1.29 bits per heavy atom. The molecule has 1 aromatic heterocycles. The number of hydrogen-bond donors (Lipinski definition) is 1. The molecule has 108 valence electrons. The van der Waals surface area contributed by atoms with Crippen LogP contribution in [0.1, 0.15) is 34.4 Å². The predicted octanol–water partition coefficient (Wildman–Crippen LogP) is 2.40. The van der Waals surface area contributed by atoms with Crippen LogP contribution in [0, 0.1) is 13.8 Å². The Bertz CT molecular complexity index is 664. The highest BCUT2D eigenvalue weighted by Crippen LogP contribution is 2.35. The second kappa shape index (κ2) is 5.16. The van der Waals surface area contributed by atoms with Gasteiger partial charge in [0.2, 0.25) is 0 Å². The number of aromatic nitrogens is 2. The summed E-state index contributed by atoms with van der Waals surface area (Å²) >= 11 is 0. The molecule has 1 aliphatic heterocycles. The monoisotopic (exact) mass is 284 g/mol. The molecule has 0 aliphatic carbocycles. The molecule has 2 heterocycles. The minimum absolute atomic E-state index is 0.0519. The van der Waals surface area contributed by atoms with Crippen LogP contribution in [0.3, 0.4) is 0 Å². The lowest BCUT2D eigenvalue weighted by Gasteiger charge is -2.13. The minimum atomic E-state index is -0.873. The molecular formula is C16H16N2O3. The molecule has 1 N–H and O–H groups in total. The van der Waals surface area contributed by atoms with Crippen molar-refractivity contribution in [2.75, 3.05) is 0 Å². The first kappa shape index (κ1) is 13.5. The molecule has 1 aliphatic rings. The first-order chi connectivity index (χ1) is 10.0. The third-order valence-corrected chi connectivity index (χ3v) is 3.70. The lowest BCUT2D eigenvalue weighted by molar-refractivity contribution is -0.136. The third kappa shape index (κ3) is 2.59. The smallest absolute Gasteiger partial charge is 0.307 e. The normalized spacial score (nSPS) is 16.4. The van der Waals surface area contributed by atoms with Gasteiger partial charge < -0.3 is 9.84 Å². The van der Waals surface area contributed by atoms with Crippen LogP contribution in [-0.2, 0) is 17.6 Å². The van der Waals surface area contributed by atoms with Crippen molar-refractivity contribution in [3.05, 3.63) is 52.6 Å². The second-order valence-electron chi connectivity index (χ2n) is 5.22. The van der Waals surface area contributed by atoms with Crippen molar-refractivity contribution in [1.82, 2.24) is 9.97 Å². The molecule has 1 atom stereocenters. The Balaban J connectivity index is 1.90. The molecule has 0 radical (unpaired) electrons. The van der Waals surface area contributed by atoms with E-state index in [1.165, 1.54) is 0 Å². The van der Waals surface area contributed by atoms with E-state index >= 15 is 0 Å². The number of carboxylic acids is 1. The summed E-state index contributed by atoms with van der Waals surface area (Å²) in [4.78, 5) is 19.8. The summed E-state index contributed by atoms with van der Waals surface area (Å²) in [6.07, 6.45) is 0.496. The van der Waals surface area contributed by atoms with Gasteiger partial charge in [0.25, 0.3) is 0 Å². The number of benzene rings is 1. The van der Waals surface area contributed by atoms with E-state index in [0.29, 0.717) is 22.8 Å². The quantitative estimate of drug-likeness (QED) is 0.937. The number of para-hydroxylation sites is 1. The highest BCUT2D eigenvalue weighted by Gasteiger charge is 2.27. The van der Waals surface area contributed by atoms with Gasteiger partial charge in [0.1, 0.15) is 5.75 Å². The molecule has 0 saturated carbocycles. The van der Waals surface area contributed by atoms with E-state index in [-0.39, 0.29) is 12.5 Å². The van der Waals surface area contributed by atoms with Gasteiger partial charge in [0, 0.05) is 23.4 Å². The SMILES string of the molecule is Cc1nc(C2Cc3ccccc3O2)nc(C)c1CC(=O)O. The molecule has 5 heteroatoms. The second-order valence-corrected chi connectivity index (χ2v) is 5.22. The maximum absolute atomic E-state index is 10.9. The summed E-state index contributed by atoms with van der Waals surface area (Å²) in [6, 6.07) is 7.90. The van der Waals surface area contributed by atoms with E-state index in [1.807, 2.05) is 38.1 Å². The standard InChI is InChI=1S/C16H16N2O3/c1-9-12(8-15(19)20)10(2)18-16(17-9)14-7-11-5-3-4-6-13(11)21-14/h3-6,14H,7-8H2,1-2H3,(H,19,20). The van der Waals surface area contributed by atoms with Crippen LogP contribution in [0.4, 0.5) is 0 Å². The van der Waals surface area contributed by atoms with Crippen LogP contribution < -0.4 is 4.74 Å². The Labute approximate surface area is 122 Å². The lowest BCUT2D eigenvalue weighted by Crippen LogP contribution is -2.14. The Morgan fingerprint density at radius 2 is 1.95 bits per heavy atom. The minimum Gasteiger partial charge on any atom is -0.482 e. The van der Waals surface area contributed by atoms with Gasteiger partial charge in [0.05, 0.1) is 6.42 Å². The van der Waals surface area contributed by atoms with Gasteiger partial charge in [-0.3, -0.25) is 4.79 Å². The first-order valence-electron chi connectivity index (χ1n) is 6.85. The molecule has 21 heavy (non-hydrogen) atoms. The van der Waals surface area contributed by atoms with Crippen molar-refractivity contribution in [3.8, 4) is 5.75 Å². The van der Waals surface area contributed by atoms with Crippen molar-refractivity contribution in [2.45, 2.75) is 32.8 Å². The van der Waals surface area contributed by atoms with E-state index in [1.54, 1.807) is 0 Å². The topological polar surface area (TPSA) is 72.3 Å². The number of aliphatic carboxylic acids is 1. The summed E-state index contributed by atoms with van der Waals surface area (Å²) in [5.74, 6) is 0.619. The van der Waals surface area contributed by atoms with E-state index in [2.05, 4.69) is 9.97 Å². The van der Waals surface area contributed by atoms with Crippen molar-refractivity contribution in [2.24, 2.45) is 0 Å². The van der Waals surface area contributed by atoms with Crippen molar-refractivity contribution < 1.29 is 14.6 Å². The zero-order valence-corrected chi connectivity index (χ0v) is 12.0. The van der Waals surface area contributed by atoms with Gasteiger partial charge in [-0.25, -0.2) is 9.97 Å². The molecule has 0 bridgehead atoms. The van der Waals surface area contributed by atoms with Crippen LogP contribution in [0.2, 0.25) is 0 Å². The van der Waals surface area contributed by atoms with Gasteiger partial charge in [-0.2, -0.15) is 0 Å². The van der Waals surface area contributed by atoms with Gasteiger partial charge in [-0.15, -0.1) is 0 Å². The van der Waals surface area contributed by atoms with Crippen LogP contribution in [-0.4, -0.2) is 21.0 Å². The number of rotatable bonds is 3. The molecular weight excluding hydrogens is 268 g/mol. The zero-order valence-electron chi connectivity index (χ0n) is 12.0. The fourth-order valence-electron chi connectivity index (χ4n) is 2.64. The fourth-order valence-corrected chi connectivity index (χ4v) is 2.64.